The van der Waals surface area contributed by atoms with Gasteiger partial charge in [0.15, 0.2) is 5.69 Å². The topological polar surface area (TPSA) is 90.9 Å². The van der Waals surface area contributed by atoms with Crippen LogP contribution in [0.2, 0.25) is 0 Å². The molecule has 9 heteroatoms. The number of aryl methyl sites for hydroxylation is 1. The minimum absolute atomic E-state index is 0.0357. The van der Waals surface area contributed by atoms with E-state index < -0.39 is 0 Å². The molecule has 0 atom stereocenters. The average Bonchev–Trinajstić information content (AvgIpc) is 3.05. The van der Waals surface area contributed by atoms with Crippen molar-refractivity contribution in [1.29, 1.82) is 0 Å². The number of aromatic nitrogens is 2. The summed E-state index contributed by atoms with van der Waals surface area (Å²) in [6.07, 6.45) is 5.66. The molecule has 0 spiro atoms. The van der Waals surface area contributed by atoms with E-state index in [1.807, 2.05) is 75.7 Å². The molecule has 3 heterocycles. The summed E-state index contributed by atoms with van der Waals surface area (Å²) in [4.78, 5) is 40.9. The lowest BCUT2D eigenvalue weighted by Crippen LogP contribution is -2.42. The summed E-state index contributed by atoms with van der Waals surface area (Å²) in [7, 11) is 8.03. The molecule has 2 aromatic carbocycles. The summed E-state index contributed by atoms with van der Waals surface area (Å²) in [5.74, 6) is 0.230. The Morgan fingerprint density at radius 1 is 0.841 bits per heavy atom. The molecule has 1 saturated heterocycles. The smallest absolute Gasteiger partial charge is 0.274 e. The van der Waals surface area contributed by atoms with Gasteiger partial charge in [-0.1, -0.05) is 24.3 Å². The summed E-state index contributed by atoms with van der Waals surface area (Å²) in [5.41, 5.74) is 6.16. The van der Waals surface area contributed by atoms with E-state index in [2.05, 4.69) is 44.5 Å². The number of ether oxygens (including phenoxy) is 1. The lowest BCUT2D eigenvalue weighted by molar-refractivity contribution is -0.116. The van der Waals surface area contributed by atoms with Crippen LogP contribution >= 0.6 is 0 Å². The predicted octanol–water partition coefficient (Wildman–Crippen LogP) is 5.53. The summed E-state index contributed by atoms with van der Waals surface area (Å²) in [5, 5.41) is 2.90. The number of anilines is 3. The third kappa shape index (κ3) is 7.72. The molecule has 0 bridgehead atoms. The largest absolute Gasteiger partial charge is 0.474 e. The minimum Gasteiger partial charge on any atom is -0.474 e. The van der Waals surface area contributed by atoms with Crippen LogP contribution in [-0.4, -0.2) is 74.1 Å². The number of likely N-dealkylation sites (tertiary alicyclic amines) is 1. The first kappa shape index (κ1) is 30.5. The van der Waals surface area contributed by atoms with Crippen LogP contribution in [0.25, 0.3) is 11.1 Å². The second kappa shape index (κ2) is 14.0. The molecule has 44 heavy (non-hydrogen) atoms. The fourth-order valence-electron chi connectivity index (χ4n) is 5.18. The van der Waals surface area contributed by atoms with E-state index in [4.69, 9.17) is 4.74 Å². The molecular weight excluding hydrogens is 552 g/mol. The minimum atomic E-state index is -0.193. The second-order valence-electron chi connectivity index (χ2n) is 11.4. The zero-order valence-corrected chi connectivity index (χ0v) is 25.9. The standard InChI is InChI=1S/C35H40N6O3/c1-39(2)28-13-7-25(8-14-28)9-17-32(42)38-31-6-5-21-36-34(31)35(43)41-22-19-30(20-23-41)44-33-18-12-27(24-37-33)26-10-15-29(16-11-26)40(3)4/h5-8,10-16,18,21,24,30H,9,17,19-20,22-23H2,1-4H3,(H,38,42). The Kier molecular flexibility index (Phi) is 9.74. The average molecular weight is 593 g/mol. The molecule has 1 fully saturated rings. The van der Waals surface area contributed by atoms with Crippen LogP contribution in [0.15, 0.2) is 85.2 Å². The van der Waals surface area contributed by atoms with Crippen molar-refractivity contribution < 1.29 is 14.3 Å². The lowest BCUT2D eigenvalue weighted by Gasteiger charge is -2.32. The van der Waals surface area contributed by atoms with Crippen LogP contribution in [0.3, 0.4) is 0 Å². The van der Waals surface area contributed by atoms with Gasteiger partial charge in [-0.2, -0.15) is 0 Å². The first-order valence-corrected chi connectivity index (χ1v) is 15.0. The Hall–Kier alpha value is -4.92. The fraction of sp³-hybridized carbons (Fsp3) is 0.314. The second-order valence-corrected chi connectivity index (χ2v) is 11.4. The highest BCUT2D eigenvalue weighted by Gasteiger charge is 2.27. The van der Waals surface area contributed by atoms with Crippen LogP contribution in [0.4, 0.5) is 17.1 Å². The van der Waals surface area contributed by atoms with Gasteiger partial charge < -0.3 is 24.8 Å². The molecule has 1 N–H and O–H groups in total. The van der Waals surface area contributed by atoms with Gasteiger partial charge in [-0.3, -0.25) is 9.59 Å². The van der Waals surface area contributed by atoms with E-state index in [1.54, 1.807) is 23.2 Å². The van der Waals surface area contributed by atoms with Gasteiger partial charge in [0.2, 0.25) is 11.8 Å². The Labute approximate surface area is 259 Å². The van der Waals surface area contributed by atoms with Crippen molar-refractivity contribution >= 4 is 28.9 Å². The molecule has 0 aliphatic carbocycles. The molecule has 1 aliphatic rings. The van der Waals surface area contributed by atoms with Crippen molar-refractivity contribution in [2.75, 3.05) is 56.4 Å². The highest BCUT2D eigenvalue weighted by molar-refractivity contribution is 6.02. The van der Waals surface area contributed by atoms with Crippen LogP contribution in [0, 0.1) is 0 Å². The molecule has 0 saturated carbocycles. The van der Waals surface area contributed by atoms with Crippen molar-refractivity contribution in [1.82, 2.24) is 14.9 Å². The van der Waals surface area contributed by atoms with E-state index in [0.29, 0.717) is 50.3 Å². The molecule has 9 nitrogen and oxygen atoms in total. The molecule has 1 aliphatic heterocycles. The van der Waals surface area contributed by atoms with Gasteiger partial charge in [-0.05, 0) is 60.0 Å². The third-order valence-electron chi connectivity index (χ3n) is 7.85. The van der Waals surface area contributed by atoms with Crippen LogP contribution in [0.1, 0.15) is 35.3 Å². The van der Waals surface area contributed by atoms with Gasteiger partial charge in [-0.25, -0.2) is 9.97 Å². The molecule has 228 valence electrons. The van der Waals surface area contributed by atoms with Gasteiger partial charge in [0, 0.05) is 95.9 Å². The first-order valence-electron chi connectivity index (χ1n) is 15.0. The van der Waals surface area contributed by atoms with E-state index >= 15 is 0 Å². The van der Waals surface area contributed by atoms with Crippen molar-refractivity contribution in [3.63, 3.8) is 0 Å². The highest BCUT2D eigenvalue weighted by atomic mass is 16.5. The zero-order chi connectivity index (χ0) is 31.1. The number of carbonyl (C=O) groups is 2. The van der Waals surface area contributed by atoms with Crippen molar-refractivity contribution in [2.24, 2.45) is 0 Å². The third-order valence-corrected chi connectivity index (χ3v) is 7.85. The molecule has 2 aromatic heterocycles. The number of nitrogens with one attached hydrogen (secondary N) is 1. The summed E-state index contributed by atoms with van der Waals surface area (Å²) in [6, 6.07) is 23.9. The molecule has 5 rings (SSSR count). The summed E-state index contributed by atoms with van der Waals surface area (Å²) in [6.45, 7) is 1.07. The Bertz CT molecular complexity index is 1550. The Morgan fingerprint density at radius 2 is 1.48 bits per heavy atom. The monoisotopic (exact) mass is 592 g/mol. The SMILES string of the molecule is CN(C)c1ccc(CCC(=O)Nc2cccnc2C(=O)N2CCC(Oc3ccc(-c4ccc(N(C)C)cc4)cn3)CC2)cc1. The van der Waals surface area contributed by atoms with Crippen LogP contribution in [0.5, 0.6) is 5.88 Å². The quantitative estimate of drug-likeness (QED) is 0.259. The van der Waals surface area contributed by atoms with Crippen LogP contribution < -0.4 is 19.9 Å². The van der Waals surface area contributed by atoms with Crippen molar-refractivity contribution in [3.8, 4) is 17.0 Å². The molecule has 4 aromatic rings. The number of nitrogens with zero attached hydrogens (tertiary/aromatic N) is 5. The van der Waals surface area contributed by atoms with Crippen molar-refractivity contribution in [2.45, 2.75) is 31.8 Å². The maximum Gasteiger partial charge on any atom is 0.274 e. The van der Waals surface area contributed by atoms with E-state index in [9.17, 15) is 9.59 Å². The molecule has 0 unspecified atom stereocenters. The number of pyridine rings is 2. The van der Waals surface area contributed by atoms with Gasteiger partial charge in [0.05, 0.1) is 5.69 Å². The number of hydrogen-bond donors (Lipinski definition) is 1. The van der Waals surface area contributed by atoms with E-state index in [0.717, 1.165) is 28.1 Å². The number of carbonyl (C=O) groups excluding carboxylic acids is 2. The van der Waals surface area contributed by atoms with Gasteiger partial charge >= 0.3 is 0 Å². The maximum atomic E-state index is 13.4. The fourth-order valence-corrected chi connectivity index (χ4v) is 5.18. The summed E-state index contributed by atoms with van der Waals surface area (Å²) >= 11 is 0. The Balaban J connectivity index is 1.11. The number of piperidine rings is 1. The highest BCUT2D eigenvalue weighted by Crippen LogP contribution is 2.25. The number of benzene rings is 2. The normalized spacial score (nSPS) is 13.3. The molecule has 2 amide bonds. The lowest BCUT2D eigenvalue weighted by atomic mass is 10.1. The molecular formula is C35H40N6O3. The van der Waals surface area contributed by atoms with Gasteiger partial charge in [0.25, 0.3) is 5.91 Å². The van der Waals surface area contributed by atoms with E-state index in [1.165, 1.54) is 0 Å². The van der Waals surface area contributed by atoms with Crippen LogP contribution in [-0.2, 0) is 11.2 Å². The van der Waals surface area contributed by atoms with E-state index in [-0.39, 0.29) is 23.6 Å². The number of rotatable bonds is 10. The first-order chi connectivity index (χ1) is 21.3. The maximum absolute atomic E-state index is 13.4. The zero-order valence-electron chi connectivity index (χ0n) is 25.9. The van der Waals surface area contributed by atoms with Crippen molar-refractivity contribution in [3.05, 3.63) is 96.4 Å². The van der Waals surface area contributed by atoms with Gasteiger partial charge in [-0.15, -0.1) is 0 Å². The number of amides is 2. The number of hydrogen-bond acceptors (Lipinski definition) is 7. The van der Waals surface area contributed by atoms with Gasteiger partial charge in [0.1, 0.15) is 6.10 Å². The predicted molar refractivity (Wildman–Crippen MR) is 176 cm³/mol. The molecule has 0 radical (unpaired) electrons. The Morgan fingerprint density at radius 3 is 2.09 bits per heavy atom. The summed E-state index contributed by atoms with van der Waals surface area (Å²) < 4.78 is 6.16.